The minimum Gasteiger partial charge on any atom is -0.395 e. The molecule has 7 nitrogen and oxygen atoms in total. The summed E-state index contributed by atoms with van der Waals surface area (Å²) in [5.41, 5.74) is 1.42. The molecule has 3 N–H and O–H groups in total. The monoisotopic (exact) mass is 391 g/mol. The van der Waals surface area contributed by atoms with Gasteiger partial charge in [0.2, 0.25) is 0 Å². The molecule has 27 heavy (non-hydrogen) atoms. The van der Waals surface area contributed by atoms with E-state index in [1.54, 1.807) is 12.1 Å². The lowest BCUT2D eigenvalue weighted by Crippen LogP contribution is -2.33. The molecule has 0 aliphatic rings. The zero-order valence-electron chi connectivity index (χ0n) is 14.9. The quantitative estimate of drug-likeness (QED) is 0.605. The highest BCUT2D eigenvalue weighted by atomic mass is 35.5. The Labute approximate surface area is 162 Å². The Morgan fingerprint density at radius 3 is 2.63 bits per heavy atom. The molecule has 1 heterocycles. The number of hydrogen-bond donors (Lipinski definition) is 3. The molecule has 0 fully saturated rings. The van der Waals surface area contributed by atoms with E-state index in [-0.39, 0.29) is 30.9 Å². The van der Waals surface area contributed by atoms with Crippen molar-refractivity contribution in [3.8, 4) is 0 Å². The highest BCUT2D eigenvalue weighted by molar-refractivity contribution is 6.30. The number of rotatable bonds is 9. The number of halogens is 1. The topological polar surface area (TPSA) is 101 Å². The third-order valence-corrected chi connectivity index (χ3v) is 3.90. The highest BCUT2D eigenvalue weighted by Crippen LogP contribution is 2.11. The summed E-state index contributed by atoms with van der Waals surface area (Å²) in [6.07, 6.45) is 1.18. The minimum atomic E-state index is -0.395. The van der Waals surface area contributed by atoms with Gasteiger partial charge in [-0.25, -0.2) is 0 Å². The van der Waals surface area contributed by atoms with Crippen LogP contribution in [0.3, 0.4) is 0 Å². The molecule has 0 aliphatic heterocycles. The van der Waals surface area contributed by atoms with E-state index < -0.39 is 5.91 Å². The molecule has 1 aromatic heterocycles. The number of pyridine rings is 1. The molecule has 2 amide bonds. The SMILES string of the molecule is CC(CNC(=O)c1cc(C(=O)NCCO)ccn1)OCc1ccc(Cl)cc1. The second kappa shape index (κ2) is 10.6. The first-order chi connectivity index (χ1) is 13.0. The third kappa shape index (κ3) is 6.97. The maximum atomic E-state index is 12.2. The molecule has 0 spiro atoms. The Bertz CT molecular complexity index is 768. The van der Waals surface area contributed by atoms with Crippen LogP contribution < -0.4 is 10.6 Å². The van der Waals surface area contributed by atoms with E-state index in [0.717, 1.165) is 5.56 Å². The number of hydrogen-bond acceptors (Lipinski definition) is 5. The summed E-state index contributed by atoms with van der Waals surface area (Å²) >= 11 is 5.84. The van der Waals surface area contributed by atoms with E-state index >= 15 is 0 Å². The van der Waals surface area contributed by atoms with Gasteiger partial charge in [-0.3, -0.25) is 14.6 Å². The number of carbonyl (C=O) groups is 2. The molecule has 144 valence electrons. The number of aromatic nitrogens is 1. The number of amides is 2. The van der Waals surface area contributed by atoms with Crippen molar-refractivity contribution in [3.05, 3.63) is 64.4 Å². The van der Waals surface area contributed by atoms with Crippen molar-refractivity contribution in [1.82, 2.24) is 15.6 Å². The molecule has 0 radical (unpaired) electrons. The van der Waals surface area contributed by atoms with Gasteiger partial charge in [0, 0.05) is 29.9 Å². The number of nitrogens with one attached hydrogen (secondary N) is 2. The minimum absolute atomic E-state index is 0.136. The summed E-state index contributed by atoms with van der Waals surface area (Å²) in [5, 5.41) is 14.7. The van der Waals surface area contributed by atoms with E-state index in [0.29, 0.717) is 23.7 Å². The fourth-order valence-electron chi connectivity index (χ4n) is 2.17. The normalized spacial score (nSPS) is 11.7. The summed E-state index contributed by atoms with van der Waals surface area (Å²) < 4.78 is 5.69. The van der Waals surface area contributed by atoms with Crippen LogP contribution in [0.5, 0.6) is 0 Å². The molecule has 1 aromatic carbocycles. The van der Waals surface area contributed by atoms with E-state index in [4.69, 9.17) is 21.4 Å². The van der Waals surface area contributed by atoms with Crippen LogP contribution in [0.1, 0.15) is 33.3 Å². The van der Waals surface area contributed by atoms with Gasteiger partial charge in [-0.2, -0.15) is 0 Å². The Balaban J connectivity index is 1.82. The Hall–Kier alpha value is -2.48. The first kappa shape index (κ1) is 20.8. The van der Waals surface area contributed by atoms with E-state index in [1.807, 2.05) is 19.1 Å². The molecular formula is C19H22ClN3O4. The number of carbonyl (C=O) groups excluding carboxylic acids is 2. The smallest absolute Gasteiger partial charge is 0.269 e. The van der Waals surface area contributed by atoms with Crippen molar-refractivity contribution >= 4 is 23.4 Å². The lowest BCUT2D eigenvalue weighted by molar-refractivity contribution is 0.0508. The number of ether oxygens (including phenoxy) is 1. The molecule has 0 saturated carbocycles. The third-order valence-electron chi connectivity index (χ3n) is 3.65. The average molecular weight is 392 g/mol. The Morgan fingerprint density at radius 1 is 1.19 bits per heavy atom. The van der Waals surface area contributed by atoms with Crippen molar-refractivity contribution in [2.45, 2.75) is 19.6 Å². The molecule has 0 aliphatic carbocycles. The van der Waals surface area contributed by atoms with Crippen LogP contribution in [0, 0.1) is 0 Å². The van der Waals surface area contributed by atoms with Gasteiger partial charge in [0.15, 0.2) is 0 Å². The maximum Gasteiger partial charge on any atom is 0.269 e. The van der Waals surface area contributed by atoms with Crippen molar-refractivity contribution < 1.29 is 19.4 Å². The van der Waals surface area contributed by atoms with Crippen LogP contribution in [0.15, 0.2) is 42.6 Å². The number of aliphatic hydroxyl groups is 1. The molecule has 2 rings (SSSR count). The lowest BCUT2D eigenvalue weighted by Gasteiger charge is -2.14. The van der Waals surface area contributed by atoms with Crippen LogP contribution >= 0.6 is 11.6 Å². The van der Waals surface area contributed by atoms with Gasteiger partial charge in [0.25, 0.3) is 11.8 Å². The Kier molecular flexibility index (Phi) is 8.19. The fraction of sp³-hybridized carbons (Fsp3) is 0.316. The van der Waals surface area contributed by atoms with E-state index in [2.05, 4.69) is 15.6 Å². The van der Waals surface area contributed by atoms with Gasteiger partial charge in [0.05, 0.1) is 19.3 Å². The summed E-state index contributed by atoms with van der Waals surface area (Å²) in [6.45, 7) is 2.55. The molecule has 1 unspecified atom stereocenters. The van der Waals surface area contributed by atoms with Gasteiger partial charge in [-0.1, -0.05) is 23.7 Å². The van der Waals surface area contributed by atoms with Gasteiger partial charge >= 0.3 is 0 Å². The summed E-state index contributed by atoms with van der Waals surface area (Å²) in [5.74, 6) is -0.770. The standard InChI is InChI=1S/C19H22ClN3O4/c1-13(27-12-14-2-4-16(20)5-3-14)11-23-19(26)17-10-15(6-7-21-17)18(25)22-8-9-24/h2-7,10,13,24H,8-9,11-12H2,1H3,(H,22,25)(H,23,26). The number of benzene rings is 1. The van der Waals surface area contributed by atoms with Crippen LogP contribution in [0.4, 0.5) is 0 Å². The molecule has 2 aromatic rings. The predicted molar refractivity (Wildman–Crippen MR) is 102 cm³/mol. The fourth-order valence-corrected chi connectivity index (χ4v) is 2.30. The largest absolute Gasteiger partial charge is 0.395 e. The van der Waals surface area contributed by atoms with E-state index in [9.17, 15) is 9.59 Å². The lowest BCUT2D eigenvalue weighted by atomic mass is 10.2. The zero-order chi connectivity index (χ0) is 19.6. The number of aliphatic hydroxyl groups excluding tert-OH is 1. The molecule has 0 bridgehead atoms. The van der Waals surface area contributed by atoms with Crippen molar-refractivity contribution in [3.63, 3.8) is 0 Å². The van der Waals surface area contributed by atoms with Crippen LogP contribution in [-0.2, 0) is 11.3 Å². The second-order valence-electron chi connectivity index (χ2n) is 5.87. The van der Waals surface area contributed by atoms with Gasteiger partial charge in [-0.15, -0.1) is 0 Å². The molecule has 8 heteroatoms. The Morgan fingerprint density at radius 2 is 1.93 bits per heavy atom. The average Bonchev–Trinajstić information content (AvgIpc) is 2.69. The van der Waals surface area contributed by atoms with Gasteiger partial charge in [-0.05, 0) is 36.8 Å². The molecule has 1 atom stereocenters. The van der Waals surface area contributed by atoms with Crippen LogP contribution in [0.25, 0.3) is 0 Å². The summed E-state index contributed by atoms with van der Waals surface area (Å²) in [7, 11) is 0. The van der Waals surface area contributed by atoms with Crippen molar-refractivity contribution in [2.24, 2.45) is 0 Å². The molecule has 0 saturated heterocycles. The maximum absolute atomic E-state index is 12.2. The summed E-state index contributed by atoms with van der Waals surface area (Å²) in [6, 6.07) is 10.3. The zero-order valence-corrected chi connectivity index (χ0v) is 15.7. The first-order valence-electron chi connectivity index (χ1n) is 8.49. The van der Waals surface area contributed by atoms with Crippen molar-refractivity contribution in [1.29, 1.82) is 0 Å². The van der Waals surface area contributed by atoms with Gasteiger partial charge in [0.1, 0.15) is 5.69 Å². The first-order valence-corrected chi connectivity index (χ1v) is 8.86. The van der Waals surface area contributed by atoms with Gasteiger partial charge < -0.3 is 20.5 Å². The highest BCUT2D eigenvalue weighted by Gasteiger charge is 2.13. The van der Waals surface area contributed by atoms with Crippen molar-refractivity contribution in [2.75, 3.05) is 19.7 Å². The van der Waals surface area contributed by atoms with E-state index in [1.165, 1.54) is 18.3 Å². The second-order valence-corrected chi connectivity index (χ2v) is 6.30. The number of nitrogens with zero attached hydrogens (tertiary/aromatic N) is 1. The summed E-state index contributed by atoms with van der Waals surface area (Å²) in [4.78, 5) is 28.1. The van der Waals surface area contributed by atoms with Crippen LogP contribution in [-0.4, -0.2) is 47.7 Å². The van der Waals surface area contributed by atoms with Crippen LogP contribution in [0.2, 0.25) is 5.02 Å². The predicted octanol–water partition coefficient (Wildman–Crippen LogP) is 1.79. The molecular weight excluding hydrogens is 370 g/mol.